The normalized spacial score (nSPS) is 9.18. The van der Waals surface area contributed by atoms with Crippen LogP contribution in [-0.4, -0.2) is 4.98 Å². The average molecular weight is 211 g/mol. The highest BCUT2D eigenvalue weighted by Gasteiger charge is 2.01. The number of aryl methyl sites for hydroxylation is 1. The Balaban J connectivity index is 3.12. The number of rotatable bonds is 1. The number of aromatic nitrogens is 1. The zero-order chi connectivity index (χ0) is 8.27. The lowest BCUT2D eigenvalue weighted by Gasteiger charge is -2.01. The molecule has 0 N–H and O–H groups in total. The molecular weight excluding hydrogens is 204 g/mol. The molecule has 3 heteroatoms. The summed E-state index contributed by atoms with van der Waals surface area (Å²) in [6.07, 6.45) is 3.91. The zero-order valence-electron chi connectivity index (χ0n) is 6.13. The maximum Gasteiger partial charge on any atom is 0.0670 e. The molecule has 1 aromatic heterocycles. The molecule has 0 fully saturated rings. The molecule has 0 aliphatic carbocycles. The van der Waals surface area contributed by atoms with Crippen LogP contribution in [0.3, 0.4) is 0 Å². The van der Waals surface area contributed by atoms with Crippen LogP contribution in [0.1, 0.15) is 11.1 Å². The van der Waals surface area contributed by atoms with E-state index in [0.717, 1.165) is 15.6 Å². The van der Waals surface area contributed by atoms with Crippen LogP contribution < -0.4 is 0 Å². The Labute approximate surface area is 74.0 Å². The number of hydrogen-bond donors (Lipinski definition) is 0. The minimum Gasteiger partial charge on any atom is -0.263 e. The summed E-state index contributed by atoms with van der Waals surface area (Å²) in [5, 5.41) is 8.48. The topological polar surface area (TPSA) is 36.7 Å². The Morgan fingerprint density at radius 1 is 1.64 bits per heavy atom. The van der Waals surface area contributed by atoms with Gasteiger partial charge in [0, 0.05) is 16.9 Å². The first kappa shape index (κ1) is 8.22. The van der Waals surface area contributed by atoms with E-state index in [2.05, 4.69) is 27.0 Å². The minimum absolute atomic E-state index is 0.439. The molecule has 1 heterocycles. The maximum absolute atomic E-state index is 8.48. The predicted octanol–water partition coefficient (Wildman–Crippen LogP) is 2.22. The van der Waals surface area contributed by atoms with Gasteiger partial charge in [0.1, 0.15) is 0 Å². The first-order chi connectivity index (χ1) is 5.25. The third-order valence-corrected chi connectivity index (χ3v) is 2.16. The van der Waals surface area contributed by atoms with Gasteiger partial charge < -0.3 is 0 Å². The van der Waals surface area contributed by atoms with Crippen LogP contribution in [0, 0.1) is 18.3 Å². The van der Waals surface area contributed by atoms with Crippen molar-refractivity contribution in [3.8, 4) is 6.07 Å². The van der Waals surface area contributed by atoms with Crippen LogP contribution in [0.5, 0.6) is 0 Å². The lowest BCUT2D eigenvalue weighted by molar-refractivity contribution is 1.14. The summed E-state index contributed by atoms with van der Waals surface area (Å²) in [5.41, 5.74) is 2.09. The third kappa shape index (κ3) is 1.78. The molecule has 0 unspecified atom stereocenters. The molecule has 0 atom stereocenters. The Morgan fingerprint density at radius 3 is 2.91 bits per heavy atom. The number of nitriles is 1. The summed E-state index contributed by atoms with van der Waals surface area (Å²) in [7, 11) is 0. The van der Waals surface area contributed by atoms with Gasteiger partial charge in [0.05, 0.1) is 12.5 Å². The Hall–Kier alpha value is -0.880. The van der Waals surface area contributed by atoms with Gasteiger partial charge in [-0.1, -0.05) is 0 Å². The minimum atomic E-state index is 0.439. The van der Waals surface area contributed by atoms with E-state index < -0.39 is 0 Å². The van der Waals surface area contributed by atoms with E-state index in [9.17, 15) is 0 Å². The second-order valence-corrected chi connectivity index (χ2v) is 3.11. The second-order valence-electron chi connectivity index (χ2n) is 2.25. The standard InChI is InChI=1S/C8H7BrN2/c1-6-4-11-5-8(9)7(6)2-3-10/h4-5H,2H2,1H3. The molecule has 2 nitrogen and oxygen atoms in total. The van der Waals surface area contributed by atoms with Gasteiger partial charge in [0.2, 0.25) is 0 Å². The summed E-state index contributed by atoms with van der Waals surface area (Å²) in [4.78, 5) is 3.97. The first-order valence-electron chi connectivity index (χ1n) is 3.21. The first-order valence-corrected chi connectivity index (χ1v) is 4.01. The van der Waals surface area contributed by atoms with Crippen LogP contribution in [0.15, 0.2) is 16.9 Å². The molecule has 56 valence electrons. The number of nitrogens with zero attached hydrogens (tertiary/aromatic N) is 2. The molecule has 0 aliphatic rings. The van der Waals surface area contributed by atoms with Crippen molar-refractivity contribution in [3.63, 3.8) is 0 Å². The average Bonchev–Trinajstić information content (AvgIpc) is 1.97. The van der Waals surface area contributed by atoms with E-state index in [0.29, 0.717) is 6.42 Å². The summed E-state index contributed by atoms with van der Waals surface area (Å²) < 4.78 is 0.916. The summed E-state index contributed by atoms with van der Waals surface area (Å²) in [5.74, 6) is 0. The number of halogens is 1. The van der Waals surface area contributed by atoms with Crippen molar-refractivity contribution >= 4 is 15.9 Å². The van der Waals surface area contributed by atoms with Gasteiger partial charge >= 0.3 is 0 Å². The number of hydrogen-bond acceptors (Lipinski definition) is 2. The van der Waals surface area contributed by atoms with Gasteiger partial charge in [0.15, 0.2) is 0 Å². The van der Waals surface area contributed by atoms with Crippen molar-refractivity contribution in [2.75, 3.05) is 0 Å². The molecule has 0 saturated heterocycles. The van der Waals surface area contributed by atoms with Crippen LogP contribution in [0.2, 0.25) is 0 Å². The fraction of sp³-hybridized carbons (Fsp3) is 0.250. The predicted molar refractivity (Wildman–Crippen MR) is 46.0 cm³/mol. The van der Waals surface area contributed by atoms with Gasteiger partial charge in [-0.2, -0.15) is 5.26 Å². The van der Waals surface area contributed by atoms with Gasteiger partial charge in [-0.05, 0) is 34.0 Å². The van der Waals surface area contributed by atoms with Crippen molar-refractivity contribution < 1.29 is 0 Å². The summed E-state index contributed by atoms with van der Waals surface area (Å²) >= 11 is 3.33. The Kier molecular flexibility index (Phi) is 2.61. The van der Waals surface area contributed by atoms with Crippen molar-refractivity contribution in [3.05, 3.63) is 28.0 Å². The highest BCUT2D eigenvalue weighted by Crippen LogP contribution is 2.18. The monoisotopic (exact) mass is 210 g/mol. The van der Waals surface area contributed by atoms with E-state index in [1.807, 2.05) is 6.92 Å². The van der Waals surface area contributed by atoms with Crippen LogP contribution >= 0.6 is 15.9 Å². The van der Waals surface area contributed by atoms with Crippen LogP contribution in [0.4, 0.5) is 0 Å². The summed E-state index contributed by atoms with van der Waals surface area (Å²) in [6.45, 7) is 1.95. The van der Waals surface area contributed by atoms with Crippen molar-refractivity contribution in [1.82, 2.24) is 4.98 Å². The van der Waals surface area contributed by atoms with Gasteiger partial charge in [-0.15, -0.1) is 0 Å². The lowest BCUT2D eigenvalue weighted by Crippen LogP contribution is -1.90. The fourth-order valence-corrected chi connectivity index (χ4v) is 1.43. The van der Waals surface area contributed by atoms with E-state index in [1.54, 1.807) is 12.4 Å². The highest BCUT2D eigenvalue weighted by molar-refractivity contribution is 9.10. The molecule has 0 aromatic carbocycles. The quantitative estimate of drug-likeness (QED) is 0.713. The van der Waals surface area contributed by atoms with E-state index in [1.165, 1.54) is 0 Å². The van der Waals surface area contributed by atoms with Crippen molar-refractivity contribution in [1.29, 1.82) is 5.26 Å². The molecule has 11 heavy (non-hydrogen) atoms. The molecule has 1 rings (SSSR count). The SMILES string of the molecule is Cc1cncc(Br)c1CC#N. The van der Waals surface area contributed by atoms with Crippen LogP contribution in [-0.2, 0) is 6.42 Å². The van der Waals surface area contributed by atoms with Gasteiger partial charge in [0.25, 0.3) is 0 Å². The van der Waals surface area contributed by atoms with Crippen molar-refractivity contribution in [2.24, 2.45) is 0 Å². The second kappa shape index (κ2) is 3.49. The molecule has 0 saturated carbocycles. The lowest BCUT2D eigenvalue weighted by atomic mass is 10.1. The van der Waals surface area contributed by atoms with E-state index in [4.69, 9.17) is 5.26 Å². The van der Waals surface area contributed by atoms with Gasteiger partial charge in [-0.25, -0.2) is 0 Å². The van der Waals surface area contributed by atoms with Crippen molar-refractivity contribution in [2.45, 2.75) is 13.3 Å². The van der Waals surface area contributed by atoms with E-state index >= 15 is 0 Å². The van der Waals surface area contributed by atoms with Gasteiger partial charge in [-0.3, -0.25) is 4.98 Å². The molecule has 0 amide bonds. The Bertz CT molecular complexity index is 281. The largest absolute Gasteiger partial charge is 0.263 e. The fourth-order valence-electron chi connectivity index (χ4n) is 0.862. The third-order valence-electron chi connectivity index (χ3n) is 1.48. The Morgan fingerprint density at radius 2 is 2.36 bits per heavy atom. The molecule has 1 aromatic rings. The molecule has 0 bridgehead atoms. The zero-order valence-corrected chi connectivity index (χ0v) is 7.72. The molecule has 0 aliphatic heterocycles. The molecular formula is C8H7BrN2. The maximum atomic E-state index is 8.48. The molecule has 0 spiro atoms. The highest BCUT2D eigenvalue weighted by atomic mass is 79.9. The van der Waals surface area contributed by atoms with E-state index in [-0.39, 0.29) is 0 Å². The summed E-state index contributed by atoms with van der Waals surface area (Å²) in [6, 6.07) is 2.11. The smallest absolute Gasteiger partial charge is 0.0670 e. The number of pyridine rings is 1. The van der Waals surface area contributed by atoms with Crippen LogP contribution in [0.25, 0.3) is 0 Å². The molecule has 0 radical (unpaired) electrons.